The largest absolute Gasteiger partial charge is 0.490 e. The van der Waals surface area contributed by atoms with Gasteiger partial charge >= 0.3 is 24.3 Å². The highest BCUT2D eigenvalue weighted by molar-refractivity contribution is 9.10. The maximum atomic E-state index is 12.7. The van der Waals surface area contributed by atoms with Gasteiger partial charge in [0.2, 0.25) is 5.91 Å². The summed E-state index contributed by atoms with van der Waals surface area (Å²) in [4.78, 5) is 55.9. The molecule has 1 spiro atoms. The van der Waals surface area contributed by atoms with Gasteiger partial charge in [0, 0.05) is 55.8 Å². The van der Waals surface area contributed by atoms with Gasteiger partial charge in [-0.25, -0.2) is 14.6 Å². The first-order chi connectivity index (χ1) is 20.9. The molecule has 2 aromatic rings. The summed E-state index contributed by atoms with van der Waals surface area (Å²) in [5.74, 6) is -5.54. The molecule has 2 aliphatic heterocycles. The summed E-state index contributed by atoms with van der Waals surface area (Å²) >= 11 is 3.37. The molecule has 0 aliphatic carbocycles. The Balaban J connectivity index is 0.000000421. The first-order valence-electron chi connectivity index (χ1n) is 13.0. The number of amides is 2. The molecule has 0 saturated carbocycles. The number of aliphatic carboxylic acids is 2. The van der Waals surface area contributed by atoms with Crippen molar-refractivity contribution in [2.24, 2.45) is 0 Å². The van der Waals surface area contributed by atoms with E-state index in [4.69, 9.17) is 19.8 Å². The summed E-state index contributed by atoms with van der Waals surface area (Å²) < 4.78 is 64.3. The van der Waals surface area contributed by atoms with E-state index in [1.54, 1.807) is 12.4 Å². The molecule has 45 heavy (non-hydrogen) atoms. The second kappa shape index (κ2) is 15.9. The molecule has 0 bridgehead atoms. The molecule has 2 saturated heterocycles. The fraction of sp³-hybridized carbons (Fsp3) is 0.462. The molecule has 248 valence electrons. The Morgan fingerprint density at radius 1 is 1.07 bits per heavy atom. The van der Waals surface area contributed by atoms with Crippen LogP contribution in [-0.2, 0) is 20.9 Å². The van der Waals surface area contributed by atoms with Crippen molar-refractivity contribution >= 4 is 39.7 Å². The molecule has 0 aromatic carbocycles. The van der Waals surface area contributed by atoms with Crippen LogP contribution in [0.3, 0.4) is 0 Å². The average molecular weight is 715 g/mol. The van der Waals surface area contributed by atoms with E-state index in [-0.39, 0.29) is 11.8 Å². The molecule has 0 atom stereocenters. The van der Waals surface area contributed by atoms with Crippen molar-refractivity contribution < 1.29 is 55.7 Å². The Morgan fingerprint density at radius 2 is 1.64 bits per heavy atom. The number of nitrogens with one attached hydrogen (secondary N) is 2. The molecule has 2 fully saturated rings. The smallest absolute Gasteiger partial charge is 0.475 e. The minimum absolute atomic E-state index is 0.126. The zero-order chi connectivity index (χ0) is 34.0. The zero-order valence-corrected chi connectivity index (χ0v) is 25.2. The number of carbonyl (C=O) groups is 4. The summed E-state index contributed by atoms with van der Waals surface area (Å²) in [5, 5.41) is 20.2. The number of nitrogens with zero attached hydrogens (tertiary/aromatic N) is 4. The van der Waals surface area contributed by atoms with Crippen molar-refractivity contribution in [1.29, 1.82) is 0 Å². The summed E-state index contributed by atoms with van der Waals surface area (Å²) in [6.45, 7) is 6.10. The number of carboxylic acid groups (broad SMARTS) is 2. The first-order valence-corrected chi connectivity index (χ1v) is 13.8. The molecule has 2 amide bonds. The highest BCUT2D eigenvalue weighted by Crippen LogP contribution is 2.33. The number of carboxylic acids is 2. The standard InChI is InChI=1S/C22H27BrN6O2.2C2HF3O2/c1-16-11-18(23)13-26-19(16)20(30)25-7-10-28-8-4-22(5-9-28)21(31)27-15-29(22)14-17-3-2-6-24-12-17;2*3-2(4,5)1(6)7/h2-3,6,11-13H,4-5,7-10,14-15H2,1H3,(H,25,30)(H,27,31);2*(H,6,7). The first kappa shape index (κ1) is 37.3. The van der Waals surface area contributed by atoms with Gasteiger partial charge in [0.15, 0.2) is 0 Å². The monoisotopic (exact) mass is 714 g/mol. The molecule has 19 heteroatoms. The second-order valence-corrected chi connectivity index (χ2v) is 10.7. The number of hydrogen-bond donors (Lipinski definition) is 4. The number of alkyl halides is 6. The van der Waals surface area contributed by atoms with E-state index in [1.165, 1.54) is 0 Å². The summed E-state index contributed by atoms with van der Waals surface area (Å²) in [6.07, 6.45) is -3.36. The highest BCUT2D eigenvalue weighted by atomic mass is 79.9. The number of rotatable bonds is 6. The number of halogens is 7. The Bertz CT molecular complexity index is 1320. The van der Waals surface area contributed by atoms with E-state index in [9.17, 15) is 35.9 Å². The van der Waals surface area contributed by atoms with Gasteiger partial charge in [-0.05, 0) is 59.0 Å². The molecule has 2 aromatic heterocycles. The van der Waals surface area contributed by atoms with Crippen LogP contribution in [0.4, 0.5) is 26.3 Å². The predicted octanol–water partition coefficient (Wildman–Crippen LogP) is 2.97. The van der Waals surface area contributed by atoms with Gasteiger partial charge in [0.1, 0.15) is 11.2 Å². The minimum atomic E-state index is -5.08. The fourth-order valence-electron chi connectivity index (χ4n) is 4.43. The number of hydrogen-bond acceptors (Lipinski definition) is 8. The van der Waals surface area contributed by atoms with Gasteiger partial charge in [-0.1, -0.05) is 6.07 Å². The van der Waals surface area contributed by atoms with Crippen LogP contribution in [0.15, 0.2) is 41.3 Å². The van der Waals surface area contributed by atoms with Crippen molar-refractivity contribution in [3.8, 4) is 0 Å². The van der Waals surface area contributed by atoms with E-state index >= 15 is 0 Å². The van der Waals surface area contributed by atoms with Crippen molar-refractivity contribution in [3.63, 3.8) is 0 Å². The molecular formula is C26H29BrF6N6O6. The van der Waals surface area contributed by atoms with E-state index < -0.39 is 29.8 Å². The summed E-state index contributed by atoms with van der Waals surface area (Å²) in [6, 6.07) is 5.86. The molecule has 4 N–H and O–H groups in total. The fourth-order valence-corrected chi connectivity index (χ4v) is 4.87. The number of aromatic nitrogens is 2. The van der Waals surface area contributed by atoms with Gasteiger partial charge in [0.05, 0.1) is 6.67 Å². The number of carbonyl (C=O) groups excluding carboxylic acids is 2. The SMILES string of the molecule is Cc1cc(Br)cnc1C(=O)NCCN1CCC2(CC1)C(=O)NCN2Cc1cccnc1.O=C(O)C(F)(F)F.O=C(O)C(F)(F)F. The number of aryl methyl sites for hydroxylation is 1. The number of pyridine rings is 2. The predicted molar refractivity (Wildman–Crippen MR) is 148 cm³/mol. The lowest BCUT2D eigenvalue weighted by atomic mass is 9.86. The third kappa shape index (κ3) is 11.2. The molecule has 4 rings (SSSR count). The summed E-state index contributed by atoms with van der Waals surface area (Å²) in [7, 11) is 0. The van der Waals surface area contributed by atoms with Crippen LogP contribution in [0.1, 0.15) is 34.5 Å². The van der Waals surface area contributed by atoms with Crippen molar-refractivity contribution in [2.45, 2.75) is 44.2 Å². The van der Waals surface area contributed by atoms with Crippen LogP contribution in [-0.4, -0.2) is 104 Å². The Morgan fingerprint density at radius 3 is 2.13 bits per heavy atom. The maximum Gasteiger partial charge on any atom is 0.490 e. The highest BCUT2D eigenvalue weighted by Gasteiger charge is 2.49. The topological polar surface area (TPSA) is 165 Å². The zero-order valence-electron chi connectivity index (χ0n) is 23.6. The van der Waals surface area contributed by atoms with Gasteiger partial charge in [-0.3, -0.25) is 19.5 Å². The van der Waals surface area contributed by atoms with Gasteiger partial charge < -0.3 is 25.7 Å². The Hall–Kier alpha value is -3.84. The number of piperidine rings is 1. The van der Waals surface area contributed by atoms with E-state index in [1.807, 2.05) is 31.3 Å². The third-order valence-corrected chi connectivity index (χ3v) is 7.13. The average Bonchev–Trinajstić information content (AvgIpc) is 3.23. The van der Waals surface area contributed by atoms with Crippen molar-refractivity contribution in [1.82, 2.24) is 30.4 Å². The van der Waals surface area contributed by atoms with Gasteiger partial charge in [-0.15, -0.1) is 0 Å². The Labute approximate surface area is 260 Å². The Kier molecular flexibility index (Phi) is 13.2. The van der Waals surface area contributed by atoms with Crippen LogP contribution < -0.4 is 10.6 Å². The lowest BCUT2D eigenvalue weighted by Crippen LogP contribution is -2.56. The van der Waals surface area contributed by atoms with E-state index in [2.05, 4.69) is 46.3 Å². The van der Waals surface area contributed by atoms with Crippen LogP contribution in [0.5, 0.6) is 0 Å². The lowest BCUT2D eigenvalue weighted by Gasteiger charge is -2.42. The van der Waals surface area contributed by atoms with Crippen LogP contribution in [0, 0.1) is 6.92 Å². The molecule has 0 unspecified atom stereocenters. The minimum Gasteiger partial charge on any atom is -0.475 e. The lowest BCUT2D eigenvalue weighted by molar-refractivity contribution is -0.193. The molecule has 0 radical (unpaired) electrons. The van der Waals surface area contributed by atoms with E-state index in [0.717, 1.165) is 48.1 Å². The van der Waals surface area contributed by atoms with E-state index in [0.29, 0.717) is 25.5 Å². The van der Waals surface area contributed by atoms with Crippen LogP contribution in [0.2, 0.25) is 0 Å². The van der Waals surface area contributed by atoms with Crippen molar-refractivity contribution in [2.75, 3.05) is 32.8 Å². The van der Waals surface area contributed by atoms with Crippen LogP contribution >= 0.6 is 15.9 Å². The molecule has 4 heterocycles. The quantitative estimate of drug-likeness (QED) is 0.327. The number of likely N-dealkylation sites (tertiary alicyclic amines) is 1. The maximum absolute atomic E-state index is 12.7. The second-order valence-electron chi connectivity index (χ2n) is 9.78. The van der Waals surface area contributed by atoms with Gasteiger partial charge in [0.25, 0.3) is 5.91 Å². The van der Waals surface area contributed by atoms with Crippen LogP contribution in [0.25, 0.3) is 0 Å². The summed E-state index contributed by atoms with van der Waals surface area (Å²) in [5.41, 5.74) is 1.95. The molecular weight excluding hydrogens is 686 g/mol. The normalized spacial score (nSPS) is 16.5. The molecule has 2 aliphatic rings. The van der Waals surface area contributed by atoms with Crippen molar-refractivity contribution in [3.05, 3.63) is 58.1 Å². The molecule has 12 nitrogen and oxygen atoms in total. The third-order valence-electron chi connectivity index (χ3n) is 6.70. The van der Waals surface area contributed by atoms with Gasteiger partial charge in [-0.2, -0.15) is 26.3 Å².